The Morgan fingerprint density at radius 3 is 2.32 bits per heavy atom. The van der Waals surface area contributed by atoms with Gasteiger partial charge in [0.25, 0.3) is 0 Å². The highest BCUT2D eigenvalue weighted by Crippen LogP contribution is 2.28. The van der Waals surface area contributed by atoms with Crippen molar-refractivity contribution in [2.75, 3.05) is 44.0 Å². The van der Waals surface area contributed by atoms with Crippen molar-refractivity contribution in [2.24, 2.45) is 0 Å². The zero-order valence-corrected chi connectivity index (χ0v) is 16.2. The van der Waals surface area contributed by atoms with Gasteiger partial charge in [-0.2, -0.15) is 10.5 Å². The Hall–Kier alpha value is -3.34. The van der Waals surface area contributed by atoms with Gasteiger partial charge in [-0.1, -0.05) is 0 Å². The van der Waals surface area contributed by atoms with E-state index < -0.39 is 5.41 Å². The molecule has 3 N–H and O–H groups in total. The number of aromatic nitrogens is 4. The third kappa shape index (κ3) is 5.84. The van der Waals surface area contributed by atoms with Crippen molar-refractivity contribution in [3.63, 3.8) is 0 Å². The minimum absolute atomic E-state index is 0.235. The van der Waals surface area contributed by atoms with Crippen molar-refractivity contribution in [3.8, 4) is 12.1 Å². The van der Waals surface area contributed by atoms with Gasteiger partial charge in [0.2, 0.25) is 0 Å². The Bertz CT molecular complexity index is 837. The van der Waals surface area contributed by atoms with Gasteiger partial charge in [-0.15, -0.1) is 10.2 Å². The summed E-state index contributed by atoms with van der Waals surface area (Å²) in [6.07, 6.45) is 2.80. The minimum atomic E-state index is -0.752. The molecule has 28 heavy (non-hydrogen) atoms. The Morgan fingerprint density at radius 2 is 1.86 bits per heavy atom. The smallest absolute Gasteiger partial charge is 0.158 e. The van der Waals surface area contributed by atoms with Gasteiger partial charge >= 0.3 is 0 Å². The second kappa shape index (κ2) is 10.1. The van der Waals surface area contributed by atoms with Crippen LogP contribution in [0.2, 0.25) is 0 Å². The van der Waals surface area contributed by atoms with E-state index in [-0.39, 0.29) is 5.69 Å². The van der Waals surface area contributed by atoms with Crippen molar-refractivity contribution < 1.29 is 4.74 Å². The van der Waals surface area contributed by atoms with Crippen LogP contribution in [0.25, 0.3) is 0 Å². The van der Waals surface area contributed by atoms with E-state index in [0.29, 0.717) is 23.0 Å². The Kier molecular flexibility index (Phi) is 7.57. The SMILES string of the molecule is C1COCCN1.CNc1cc(Nc2cnc(C#N)cn2)nnc1C(C)(C)C#N. The molecule has 0 aromatic carbocycles. The Morgan fingerprint density at radius 1 is 1.11 bits per heavy atom. The summed E-state index contributed by atoms with van der Waals surface area (Å²) in [7, 11) is 1.75. The number of anilines is 3. The molecule has 0 aliphatic carbocycles. The van der Waals surface area contributed by atoms with Crippen LogP contribution in [-0.2, 0) is 10.2 Å². The highest BCUT2D eigenvalue weighted by atomic mass is 16.5. The van der Waals surface area contributed by atoms with Crippen LogP contribution in [0.4, 0.5) is 17.3 Å². The number of nitrogens with zero attached hydrogens (tertiary/aromatic N) is 6. The normalized spacial score (nSPS) is 13.3. The highest BCUT2D eigenvalue weighted by molar-refractivity contribution is 5.61. The lowest BCUT2D eigenvalue weighted by Gasteiger charge is -2.18. The van der Waals surface area contributed by atoms with Gasteiger partial charge in [0.05, 0.1) is 42.8 Å². The molecule has 1 aliphatic rings. The van der Waals surface area contributed by atoms with Gasteiger partial charge in [0.15, 0.2) is 11.5 Å². The van der Waals surface area contributed by atoms with E-state index in [0.717, 1.165) is 26.3 Å². The van der Waals surface area contributed by atoms with Crippen LogP contribution in [0.5, 0.6) is 0 Å². The monoisotopic (exact) mass is 381 g/mol. The molecule has 0 atom stereocenters. The highest BCUT2D eigenvalue weighted by Gasteiger charge is 2.26. The summed E-state index contributed by atoms with van der Waals surface area (Å²) in [4.78, 5) is 7.96. The van der Waals surface area contributed by atoms with Gasteiger partial charge in [-0.25, -0.2) is 9.97 Å². The first-order valence-corrected chi connectivity index (χ1v) is 8.75. The van der Waals surface area contributed by atoms with Crippen molar-refractivity contribution in [3.05, 3.63) is 29.8 Å². The first kappa shape index (κ1) is 21.0. The number of morpholine rings is 1. The first-order valence-electron chi connectivity index (χ1n) is 8.75. The van der Waals surface area contributed by atoms with Crippen LogP contribution in [0.3, 0.4) is 0 Å². The summed E-state index contributed by atoms with van der Waals surface area (Å²) < 4.78 is 5.01. The molecule has 1 aliphatic heterocycles. The molecule has 0 unspecified atom stereocenters. The number of hydrogen-bond acceptors (Lipinski definition) is 10. The van der Waals surface area contributed by atoms with E-state index in [1.165, 1.54) is 12.4 Å². The molecule has 2 aromatic heterocycles. The van der Waals surface area contributed by atoms with E-state index in [1.54, 1.807) is 27.0 Å². The standard InChI is InChI=1S/C14H14N8.C4H9NO/c1-14(2,8-16)13-10(17-3)4-11(21-22-13)20-12-7-18-9(5-15)6-19-12;1-3-6-4-2-5-1/h4,6-7H,1-3H3,(H2,17,19,20,21);5H,1-4H2. The van der Waals surface area contributed by atoms with Gasteiger partial charge < -0.3 is 20.7 Å². The molecule has 0 radical (unpaired) electrons. The number of nitrogens with one attached hydrogen (secondary N) is 3. The average molecular weight is 381 g/mol. The summed E-state index contributed by atoms with van der Waals surface area (Å²) >= 11 is 0. The van der Waals surface area contributed by atoms with Gasteiger partial charge in [0.1, 0.15) is 17.6 Å². The van der Waals surface area contributed by atoms with Crippen LogP contribution in [0, 0.1) is 22.7 Å². The van der Waals surface area contributed by atoms with E-state index >= 15 is 0 Å². The molecule has 0 bridgehead atoms. The first-order chi connectivity index (χ1) is 13.5. The molecule has 0 amide bonds. The Labute approximate surface area is 164 Å². The average Bonchev–Trinajstić information content (AvgIpc) is 2.75. The molecule has 2 aromatic rings. The van der Waals surface area contributed by atoms with E-state index in [1.807, 2.05) is 6.07 Å². The summed E-state index contributed by atoms with van der Waals surface area (Å²) in [6.45, 7) is 7.38. The third-order valence-corrected chi connectivity index (χ3v) is 3.80. The molecule has 1 saturated heterocycles. The van der Waals surface area contributed by atoms with Gasteiger partial charge in [-0.3, -0.25) is 0 Å². The zero-order valence-electron chi connectivity index (χ0n) is 16.2. The number of hydrogen-bond donors (Lipinski definition) is 3. The largest absolute Gasteiger partial charge is 0.386 e. The second-order valence-electron chi connectivity index (χ2n) is 6.36. The molecular formula is C18H23N9O. The zero-order chi connectivity index (χ0) is 20.4. The fraction of sp³-hybridized carbons (Fsp3) is 0.444. The minimum Gasteiger partial charge on any atom is -0.386 e. The van der Waals surface area contributed by atoms with Crippen molar-refractivity contribution in [1.29, 1.82) is 10.5 Å². The molecule has 10 nitrogen and oxygen atoms in total. The summed E-state index contributed by atoms with van der Waals surface area (Å²) in [5, 5.41) is 35.2. The van der Waals surface area contributed by atoms with Crippen molar-refractivity contribution >= 4 is 17.3 Å². The lowest BCUT2D eigenvalue weighted by Crippen LogP contribution is -2.30. The molecule has 3 rings (SSSR count). The van der Waals surface area contributed by atoms with Gasteiger partial charge in [0, 0.05) is 26.2 Å². The van der Waals surface area contributed by atoms with Crippen molar-refractivity contribution in [2.45, 2.75) is 19.3 Å². The lowest BCUT2D eigenvalue weighted by molar-refractivity contribution is 0.109. The predicted molar refractivity (Wildman–Crippen MR) is 104 cm³/mol. The maximum Gasteiger partial charge on any atom is 0.158 e. The van der Waals surface area contributed by atoms with Crippen LogP contribution < -0.4 is 16.0 Å². The van der Waals surface area contributed by atoms with Crippen molar-refractivity contribution in [1.82, 2.24) is 25.5 Å². The topological polar surface area (TPSA) is 144 Å². The maximum absolute atomic E-state index is 9.22. The second-order valence-corrected chi connectivity index (χ2v) is 6.36. The van der Waals surface area contributed by atoms with Gasteiger partial charge in [-0.05, 0) is 13.8 Å². The fourth-order valence-electron chi connectivity index (χ4n) is 2.26. The molecular weight excluding hydrogens is 358 g/mol. The summed E-state index contributed by atoms with van der Waals surface area (Å²) in [6, 6.07) is 5.83. The molecule has 1 fully saturated rings. The molecule has 0 saturated carbocycles. The number of rotatable bonds is 4. The lowest BCUT2D eigenvalue weighted by atomic mass is 9.90. The van der Waals surface area contributed by atoms with Crippen LogP contribution >= 0.6 is 0 Å². The fourth-order valence-corrected chi connectivity index (χ4v) is 2.26. The van der Waals surface area contributed by atoms with E-state index in [9.17, 15) is 5.26 Å². The molecule has 3 heterocycles. The van der Waals surface area contributed by atoms with Crippen LogP contribution in [0.15, 0.2) is 18.5 Å². The van der Waals surface area contributed by atoms with Crippen LogP contribution in [-0.4, -0.2) is 53.5 Å². The van der Waals surface area contributed by atoms with Crippen LogP contribution in [0.1, 0.15) is 25.2 Å². The summed E-state index contributed by atoms with van der Waals surface area (Å²) in [5.74, 6) is 0.906. The summed E-state index contributed by atoms with van der Waals surface area (Å²) in [5.41, 5.74) is 0.747. The Balaban J connectivity index is 0.000000397. The molecule has 0 spiro atoms. The van der Waals surface area contributed by atoms with E-state index in [4.69, 9.17) is 10.00 Å². The third-order valence-electron chi connectivity index (χ3n) is 3.80. The van der Waals surface area contributed by atoms with E-state index in [2.05, 4.69) is 42.2 Å². The predicted octanol–water partition coefficient (Wildman–Crippen LogP) is 1.33. The quantitative estimate of drug-likeness (QED) is 0.709. The molecule has 146 valence electrons. The number of nitriles is 2. The maximum atomic E-state index is 9.22. The molecule has 10 heteroatoms. The number of ether oxygens (including phenoxy) is 1.